The van der Waals surface area contributed by atoms with Crippen LogP contribution in [0.4, 0.5) is 0 Å². The molecule has 0 bridgehead atoms. The van der Waals surface area contributed by atoms with E-state index in [1.807, 2.05) is 0 Å². The number of carbonyl (C=O) groups is 2. The Morgan fingerprint density at radius 3 is 2.52 bits per heavy atom. The Hall–Kier alpha value is -2.14. The van der Waals surface area contributed by atoms with E-state index >= 15 is 0 Å². The summed E-state index contributed by atoms with van der Waals surface area (Å²) in [5.74, 6) is -0.159. The molecule has 0 fully saturated rings. The third kappa shape index (κ3) is 7.52. The molecule has 0 radical (unpaired) electrons. The van der Waals surface area contributed by atoms with E-state index < -0.39 is 0 Å². The van der Waals surface area contributed by atoms with Gasteiger partial charge in [-0.3, -0.25) is 9.59 Å². The molecule has 1 aromatic rings. The van der Waals surface area contributed by atoms with Crippen LogP contribution in [0.5, 0.6) is 11.5 Å². The Bertz CT molecular complexity index is 604. The molecular formula is C20H28O5. The number of hydrogen-bond acceptors (Lipinski definition) is 5. The molecule has 1 aromatic carbocycles. The van der Waals surface area contributed by atoms with Crippen molar-refractivity contribution in [3.63, 3.8) is 0 Å². The van der Waals surface area contributed by atoms with Crippen molar-refractivity contribution >= 4 is 17.1 Å². The highest BCUT2D eigenvalue weighted by Crippen LogP contribution is 2.29. The number of unbranched alkanes of at least 4 members (excludes halogenated alkanes) is 4. The number of Topliss-reactive ketones (excluding diaryl/α,β-unsaturated/α-hetero) is 1. The average Bonchev–Trinajstić information content (AvgIpc) is 2.60. The number of hydrogen-bond donors (Lipinski definition) is 2. The second-order valence-electron chi connectivity index (χ2n) is 6.06. The maximum absolute atomic E-state index is 12.1. The molecule has 0 heterocycles. The van der Waals surface area contributed by atoms with Crippen molar-refractivity contribution < 1.29 is 24.5 Å². The van der Waals surface area contributed by atoms with Crippen molar-refractivity contribution in [1.29, 1.82) is 0 Å². The molecule has 0 saturated carbocycles. The lowest BCUT2D eigenvalue weighted by molar-refractivity contribution is -0.124. The number of aromatic hydroxyl groups is 1. The van der Waals surface area contributed by atoms with E-state index in [4.69, 9.17) is 4.74 Å². The summed E-state index contributed by atoms with van der Waals surface area (Å²) in [4.78, 5) is 23.9. The van der Waals surface area contributed by atoms with E-state index in [-0.39, 0.29) is 36.1 Å². The van der Waals surface area contributed by atoms with Crippen LogP contribution >= 0.6 is 0 Å². The molecule has 138 valence electrons. The van der Waals surface area contributed by atoms with E-state index in [0.717, 1.165) is 25.7 Å². The van der Waals surface area contributed by atoms with Crippen LogP contribution in [0.25, 0.3) is 5.57 Å². The third-order valence-corrected chi connectivity index (χ3v) is 3.99. The van der Waals surface area contributed by atoms with Crippen molar-refractivity contribution in [3.05, 3.63) is 29.8 Å². The van der Waals surface area contributed by atoms with Gasteiger partial charge in [0.1, 0.15) is 5.78 Å². The van der Waals surface area contributed by atoms with Gasteiger partial charge in [-0.2, -0.15) is 0 Å². The summed E-state index contributed by atoms with van der Waals surface area (Å²) in [5, 5.41) is 19.1. The van der Waals surface area contributed by atoms with Crippen LogP contribution in [0, 0.1) is 0 Å². The summed E-state index contributed by atoms with van der Waals surface area (Å²) in [6, 6.07) is 4.56. The number of phenols is 1. The Kier molecular flexibility index (Phi) is 9.55. The van der Waals surface area contributed by atoms with Crippen molar-refractivity contribution in [2.24, 2.45) is 0 Å². The third-order valence-electron chi connectivity index (χ3n) is 3.99. The molecule has 0 spiro atoms. The summed E-state index contributed by atoms with van der Waals surface area (Å²) < 4.78 is 5.02. The molecule has 0 aliphatic heterocycles. The van der Waals surface area contributed by atoms with Crippen LogP contribution < -0.4 is 4.74 Å². The van der Waals surface area contributed by atoms with Gasteiger partial charge in [-0.1, -0.05) is 38.7 Å². The van der Waals surface area contributed by atoms with Gasteiger partial charge in [0.05, 0.1) is 20.1 Å². The number of benzene rings is 1. The Labute approximate surface area is 149 Å². The molecule has 0 aliphatic rings. The smallest absolute Gasteiger partial charge is 0.163 e. The molecule has 1 rings (SSSR count). The average molecular weight is 348 g/mol. The summed E-state index contributed by atoms with van der Waals surface area (Å²) in [7, 11) is 1.42. The number of carbonyl (C=O) groups excluding carboxylic acids is 2. The topological polar surface area (TPSA) is 83.8 Å². The molecular weight excluding hydrogens is 320 g/mol. The number of ether oxygens (including phenoxy) is 1. The van der Waals surface area contributed by atoms with E-state index in [1.54, 1.807) is 12.1 Å². The number of allylic oxidation sites excluding steroid dienone is 1. The SMILES string of the molecule is CCCCCCCC(=O)CC(=O)C=C(CO)c1ccc(O)c(OC)c1. The molecule has 0 amide bonds. The van der Waals surface area contributed by atoms with Crippen molar-refractivity contribution in [1.82, 2.24) is 0 Å². The van der Waals surface area contributed by atoms with Crippen LogP contribution in [0.1, 0.15) is 57.4 Å². The van der Waals surface area contributed by atoms with Gasteiger partial charge >= 0.3 is 0 Å². The maximum atomic E-state index is 12.1. The summed E-state index contributed by atoms with van der Waals surface area (Å²) in [6.45, 7) is 1.80. The first kappa shape index (κ1) is 20.9. The maximum Gasteiger partial charge on any atom is 0.163 e. The van der Waals surface area contributed by atoms with Gasteiger partial charge in [-0.15, -0.1) is 0 Å². The van der Waals surface area contributed by atoms with Crippen LogP contribution in [-0.4, -0.2) is 35.5 Å². The molecule has 2 N–H and O–H groups in total. The fraction of sp³-hybridized carbons (Fsp3) is 0.500. The zero-order valence-corrected chi connectivity index (χ0v) is 15.1. The predicted octanol–water partition coefficient (Wildman–Crippen LogP) is 3.67. The molecule has 0 saturated heterocycles. The molecule has 25 heavy (non-hydrogen) atoms. The molecule has 5 heteroatoms. The minimum Gasteiger partial charge on any atom is -0.504 e. The van der Waals surface area contributed by atoms with E-state index in [9.17, 15) is 19.8 Å². The quantitative estimate of drug-likeness (QED) is 0.342. The van der Waals surface area contributed by atoms with Crippen molar-refractivity contribution in [2.45, 2.75) is 51.9 Å². The Morgan fingerprint density at radius 1 is 1.16 bits per heavy atom. The Balaban J connectivity index is 2.62. The second kappa shape index (κ2) is 11.4. The summed E-state index contributed by atoms with van der Waals surface area (Å²) in [5.41, 5.74) is 0.955. The van der Waals surface area contributed by atoms with E-state index in [2.05, 4.69) is 6.92 Å². The lowest BCUT2D eigenvalue weighted by Crippen LogP contribution is -2.07. The highest BCUT2D eigenvalue weighted by atomic mass is 16.5. The van der Waals surface area contributed by atoms with Crippen LogP contribution in [0.15, 0.2) is 24.3 Å². The number of aliphatic hydroxyl groups excluding tert-OH is 1. The first-order valence-electron chi connectivity index (χ1n) is 8.75. The minimum atomic E-state index is -0.342. The van der Waals surface area contributed by atoms with Crippen molar-refractivity contribution in [2.75, 3.05) is 13.7 Å². The second-order valence-corrected chi connectivity index (χ2v) is 6.06. The first-order valence-corrected chi connectivity index (χ1v) is 8.75. The Morgan fingerprint density at radius 2 is 1.88 bits per heavy atom. The van der Waals surface area contributed by atoms with Gasteiger partial charge in [0.2, 0.25) is 0 Å². The highest BCUT2D eigenvalue weighted by molar-refractivity contribution is 6.07. The van der Waals surface area contributed by atoms with Gasteiger partial charge in [-0.25, -0.2) is 0 Å². The van der Waals surface area contributed by atoms with E-state index in [1.165, 1.54) is 25.7 Å². The number of phenolic OH excluding ortho intramolecular Hbond substituents is 1. The van der Waals surface area contributed by atoms with Gasteiger partial charge < -0.3 is 14.9 Å². The van der Waals surface area contributed by atoms with Gasteiger partial charge in [0, 0.05) is 6.42 Å². The molecule has 0 unspecified atom stereocenters. The summed E-state index contributed by atoms with van der Waals surface area (Å²) in [6.07, 6.45) is 6.85. The van der Waals surface area contributed by atoms with Gasteiger partial charge in [0.25, 0.3) is 0 Å². The predicted molar refractivity (Wildman–Crippen MR) is 97.7 cm³/mol. The van der Waals surface area contributed by atoms with E-state index in [0.29, 0.717) is 17.6 Å². The molecule has 5 nitrogen and oxygen atoms in total. The number of ketones is 2. The molecule has 0 atom stereocenters. The van der Waals surface area contributed by atoms with Crippen LogP contribution in [0.2, 0.25) is 0 Å². The number of rotatable bonds is 12. The minimum absolute atomic E-state index is 0.0203. The largest absolute Gasteiger partial charge is 0.504 e. The number of aliphatic hydroxyl groups is 1. The first-order chi connectivity index (χ1) is 12.0. The fourth-order valence-corrected chi connectivity index (χ4v) is 2.55. The number of methoxy groups -OCH3 is 1. The van der Waals surface area contributed by atoms with Gasteiger partial charge in [0.15, 0.2) is 17.3 Å². The zero-order valence-electron chi connectivity index (χ0n) is 15.1. The molecule has 0 aliphatic carbocycles. The normalized spacial score (nSPS) is 11.4. The molecule has 0 aromatic heterocycles. The van der Waals surface area contributed by atoms with Crippen LogP contribution in [0.3, 0.4) is 0 Å². The highest BCUT2D eigenvalue weighted by Gasteiger charge is 2.11. The monoisotopic (exact) mass is 348 g/mol. The summed E-state index contributed by atoms with van der Waals surface area (Å²) >= 11 is 0. The van der Waals surface area contributed by atoms with Gasteiger partial charge in [-0.05, 0) is 35.8 Å². The zero-order chi connectivity index (χ0) is 18.7. The lowest BCUT2D eigenvalue weighted by Gasteiger charge is -2.08. The lowest BCUT2D eigenvalue weighted by atomic mass is 10.0. The van der Waals surface area contributed by atoms with Crippen molar-refractivity contribution in [3.8, 4) is 11.5 Å². The van der Waals surface area contributed by atoms with Crippen LogP contribution in [-0.2, 0) is 9.59 Å². The standard InChI is InChI=1S/C20H28O5/c1-3-4-5-6-7-8-17(22)13-18(23)11-16(14-21)15-9-10-19(24)20(12-15)25-2/h9-12,21,24H,3-8,13-14H2,1-2H3. The fourth-order valence-electron chi connectivity index (χ4n) is 2.55.